The van der Waals surface area contributed by atoms with Gasteiger partial charge in [0.25, 0.3) is 0 Å². The number of rotatable bonds is 7. The van der Waals surface area contributed by atoms with Gasteiger partial charge in [0.1, 0.15) is 5.60 Å². The van der Waals surface area contributed by atoms with Crippen LogP contribution in [0.5, 0.6) is 0 Å². The first-order valence-corrected chi connectivity index (χ1v) is 10.4. The van der Waals surface area contributed by atoms with Crippen molar-refractivity contribution in [3.8, 4) is 0 Å². The second kappa shape index (κ2) is 11.0. The molecule has 2 atom stereocenters. The van der Waals surface area contributed by atoms with E-state index in [-0.39, 0.29) is 18.2 Å². The Morgan fingerprint density at radius 3 is 2.69 bits per heavy atom. The normalized spacial score (nSPS) is 18.4. The molecule has 1 aliphatic rings. The van der Waals surface area contributed by atoms with Gasteiger partial charge in [0.05, 0.1) is 12.1 Å². The quantitative estimate of drug-likeness (QED) is 0.414. The van der Waals surface area contributed by atoms with E-state index in [2.05, 4.69) is 39.6 Å². The largest absolute Gasteiger partial charge is 0.444 e. The van der Waals surface area contributed by atoms with Gasteiger partial charge in [-0.2, -0.15) is 0 Å². The van der Waals surface area contributed by atoms with Crippen molar-refractivity contribution in [1.29, 1.82) is 0 Å². The summed E-state index contributed by atoms with van der Waals surface area (Å²) in [4.78, 5) is 18.5. The molecule has 2 unspecified atom stereocenters. The predicted molar refractivity (Wildman–Crippen MR) is 116 cm³/mol. The number of ether oxygens (including phenoxy) is 2. The maximum atomic E-state index is 12.0. The topological polar surface area (TPSA) is 75.2 Å². The van der Waals surface area contributed by atoms with E-state index in [1.807, 2.05) is 39.0 Å². The second-order valence-corrected chi connectivity index (χ2v) is 8.33. The van der Waals surface area contributed by atoms with E-state index in [1.165, 1.54) is 5.56 Å². The number of carbonyl (C=O) groups is 1. The molecule has 7 heteroatoms. The fraction of sp³-hybridized carbons (Fsp3) is 0.636. The lowest BCUT2D eigenvalue weighted by atomic mass is 10.1. The predicted octanol–water partition coefficient (Wildman–Crippen LogP) is 3.33. The van der Waals surface area contributed by atoms with E-state index in [9.17, 15) is 4.79 Å². The molecule has 0 bridgehead atoms. The number of hydrogen-bond acceptors (Lipinski definition) is 4. The van der Waals surface area contributed by atoms with E-state index in [1.54, 1.807) is 7.05 Å². The van der Waals surface area contributed by atoms with Crippen molar-refractivity contribution in [2.24, 2.45) is 4.99 Å². The summed E-state index contributed by atoms with van der Waals surface area (Å²) in [6.45, 7) is 10.7. The van der Waals surface area contributed by atoms with Crippen LogP contribution in [-0.4, -0.2) is 61.9 Å². The van der Waals surface area contributed by atoms with Gasteiger partial charge in [-0.1, -0.05) is 30.3 Å². The molecular formula is C22H36N4O3. The Balaban J connectivity index is 1.65. The smallest absolute Gasteiger partial charge is 0.407 e. The molecule has 7 nitrogen and oxygen atoms in total. The van der Waals surface area contributed by atoms with Crippen molar-refractivity contribution in [2.75, 3.05) is 33.3 Å². The SMILES string of the molecule is CN=C(NCCCOC(C)c1ccccc1)N1CCC(NC(=O)OC(C)(C)C)C1. The molecule has 1 amide bonds. The molecule has 29 heavy (non-hydrogen) atoms. The molecule has 1 aromatic carbocycles. The van der Waals surface area contributed by atoms with Crippen molar-refractivity contribution in [3.63, 3.8) is 0 Å². The summed E-state index contributed by atoms with van der Waals surface area (Å²) in [7, 11) is 1.78. The van der Waals surface area contributed by atoms with Gasteiger partial charge < -0.3 is 25.0 Å². The number of amides is 1. The maximum Gasteiger partial charge on any atom is 0.407 e. The van der Waals surface area contributed by atoms with Gasteiger partial charge in [-0.25, -0.2) is 4.79 Å². The third-order valence-corrected chi connectivity index (χ3v) is 4.66. The number of nitrogens with one attached hydrogen (secondary N) is 2. The Labute approximate surface area is 174 Å². The highest BCUT2D eigenvalue weighted by Gasteiger charge is 2.27. The van der Waals surface area contributed by atoms with Crippen LogP contribution in [0.1, 0.15) is 52.2 Å². The van der Waals surface area contributed by atoms with Gasteiger partial charge >= 0.3 is 6.09 Å². The Morgan fingerprint density at radius 2 is 2.03 bits per heavy atom. The first kappa shape index (κ1) is 23.0. The van der Waals surface area contributed by atoms with Crippen molar-refractivity contribution < 1.29 is 14.3 Å². The maximum absolute atomic E-state index is 12.0. The zero-order chi connectivity index (χ0) is 21.3. The number of likely N-dealkylation sites (tertiary alicyclic amines) is 1. The number of hydrogen-bond donors (Lipinski definition) is 2. The van der Waals surface area contributed by atoms with Crippen LogP contribution in [0.25, 0.3) is 0 Å². The van der Waals surface area contributed by atoms with Crippen LogP contribution in [0.15, 0.2) is 35.3 Å². The highest BCUT2D eigenvalue weighted by Crippen LogP contribution is 2.16. The molecule has 1 aliphatic heterocycles. The van der Waals surface area contributed by atoms with E-state index in [0.717, 1.165) is 38.4 Å². The van der Waals surface area contributed by atoms with Gasteiger partial charge in [-0.15, -0.1) is 0 Å². The lowest BCUT2D eigenvalue weighted by Gasteiger charge is -2.23. The van der Waals surface area contributed by atoms with Gasteiger partial charge in [0, 0.05) is 33.3 Å². The molecule has 0 spiro atoms. The van der Waals surface area contributed by atoms with E-state index in [0.29, 0.717) is 6.61 Å². The summed E-state index contributed by atoms with van der Waals surface area (Å²) in [6.07, 6.45) is 1.49. The van der Waals surface area contributed by atoms with Gasteiger partial charge in [-0.3, -0.25) is 4.99 Å². The Kier molecular flexibility index (Phi) is 8.76. The third-order valence-electron chi connectivity index (χ3n) is 4.66. The van der Waals surface area contributed by atoms with Crippen LogP contribution < -0.4 is 10.6 Å². The summed E-state index contributed by atoms with van der Waals surface area (Å²) in [5.74, 6) is 0.856. The van der Waals surface area contributed by atoms with Gasteiger partial charge in [0.15, 0.2) is 5.96 Å². The van der Waals surface area contributed by atoms with Crippen LogP contribution in [0.4, 0.5) is 4.79 Å². The minimum absolute atomic E-state index is 0.0680. The highest BCUT2D eigenvalue weighted by atomic mass is 16.6. The fourth-order valence-corrected chi connectivity index (χ4v) is 3.23. The molecule has 162 valence electrons. The first-order chi connectivity index (χ1) is 13.8. The summed E-state index contributed by atoms with van der Waals surface area (Å²) in [5, 5.41) is 6.33. The van der Waals surface area contributed by atoms with Crippen LogP contribution >= 0.6 is 0 Å². The molecule has 0 aromatic heterocycles. The average molecular weight is 405 g/mol. The van der Waals surface area contributed by atoms with Gasteiger partial charge in [0.2, 0.25) is 0 Å². The number of guanidine groups is 1. The van der Waals surface area contributed by atoms with E-state index in [4.69, 9.17) is 9.47 Å². The van der Waals surface area contributed by atoms with Crippen molar-refractivity contribution in [1.82, 2.24) is 15.5 Å². The summed E-state index contributed by atoms with van der Waals surface area (Å²) < 4.78 is 11.3. The lowest BCUT2D eigenvalue weighted by molar-refractivity contribution is 0.0507. The molecule has 0 saturated carbocycles. The summed E-state index contributed by atoms with van der Waals surface area (Å²) in [5.41, 5.74) is 0.705. The number of alkyl carbamates (subject to hydrolysis) is 1. The van der Waals surface area contributed by atoms with Crippen LogP contribution in [0.2, 0.25) is 0 Å². The monoisotopic (exact) mass is 404 g/mol. The van der Waals surface area contributed by atoms with Crippen molar-refractivity contribution in [3.05, 3.63) is 35.9 Å². The molecule has 0 aliphatic carbocycles. The highest BCUT2D eigenvalue weighted by molar-refractivity contribution is 5.80. The number of aliphatic imine (C=N–C) groups is 1. The molecule has 2 rings (SSSR count). The first-order valence-electron chi connectivity index (χ1n) is 10.4. The Hall–Kier alpha value is -2.28. The van der Waals surface area contributed by atoms with E-state index >= 15 is 0 Å². The molecule has 1 saturated heterocycles. The molecule has 2 N–H and O–H groups in total. The number of benzene rings is 1. The minimum Gasteiger partial charge on any atom is -0.444 e. The standard InChI is InChI=1S/C22H36N4O3/c1-17(18-10-7-6-8-11-18)28-15-9-13-24-20(23-5)26-14-12-19(16-26)25-21(27)29-22(2,3)4/h6-8,10-11,17,19H,9,12-16H2,1-5H3,(H,23,24)(H,25,27). The second-order valence-electron chi connectivity index (χ2n) is 8.33. The average Bonchev–Trinajstić information content (AvgIpc) is 3.11. The Morgan fingerprint density at radius 1 is 1.31 bits per heavy atom. The van der Waals surface area contributed by atoms with Crippen molar-refractivity contribution in [2.45, 2.75) is 58.3 Å². The molecule has 1 aromatic rings. The zero-order valence-corrected chi connectivity index (χ0v) is 18.4. The van der Waals surface area contributed by atoms with E-state index < -0.39 is 5.60 Å². The van der Waals surface area contributed by atoms with Gasteiger partial charge in [-0.05, 0) is 46.1 Å². The minimum atomic E-state index is -0.486. The summed E-state index contributed by atoms with van der Waals surface area (Å²) in [6, 6.07) is 10.3. The number of nitrogens with zero attached hydrogens (tertiary/aromatic N) is 2. The molecule has 0 radical (unpaired) electrons. The third kappa shape index (κ3) is 8.31. The molecular weight excluding hydrogens is 368 g/mol. The Bertz CT molecular complexity index is 658. The fourth-order valence-electron chi connectivity index (χ4n) is 3.23. The molecule has 1 heterocycles. The van der Waals surface area contributed by atoms with Crippen LogP contribution in [0, 0.1) is 0 Å². The van der Waals surface area contributed by atoms with Crippen LogP contribution in [-0.2, 0) is 9.47 Å². The number of carbonyl (C=O) groups excluding carboxylic acids is 1. The zero-order valence-electron chi connectivity index (χ0n) is 18.4. The summed E-state index contributed by atoms with van der Waals surface area (Å²) >= 11 is 0. The lowest BCUT2D eigenvalue weighted by Crippen LogP contribution is -2.44. The van der Waals surface area contributed by atoms with Crippen LogP contribution in [0.3, 0.4) is 0 Å². The molecule has 1 fully saturated rings. The van der Waals surface area contributed by atoms with Crippen molar-refractivity contribution >= 4 is 12.1 Å².